The van der Waals surface area contributed by atoms with Crippen LogP contribution in [-0.4, -0.2) is 99.7 Å². The zero-order valence-corrected chi connectivity index (χ0v) is 42.4. The van der Waals surface area contributed by atoms with Gasteiger partial charge in [-0.1, -0.05) is 103 Å². The lowest BCUT2D eigenvalue weighted by Gasteiger charge is -2.27. The fraction of sp³-hybridized carbons (Fsp3) is 0.310. The second-order valence-electron chi connectivity index (χ2n) is 19.5. The van der Waals surface area contributed by atoms with Gasteiger partial charge in [0.25, 0.3) is 0 Å². The van der Waals surface area contributed by atoms with Crippen LogP contribution in [0, 0.1) is 0 Å². The highest BCUT2D eigenvalue weighted by Crippen LogP contribution is 2.23. The molecule has 5 aromatic carbocycles. The van der Waals surface area contributed by atoms with Gasteiger partial charge in [-0.25, -0.2) is 0 Å². The molecule has 16 N–H and O–H groups in total. The van der Waals surface area contributed by atoms with Crippen LogP contribution < -0.4 is 49.5 Å². The maximum absolute atomic E-state index is 15.1. The Morgan fingerprint density at radius 3 is 1.32 bits per heavy atom. The number of hydrogen-bond acceptors (Lipinski definition) is 9. The van der Waals surface area contributed by atoms with Crippen molar-refractivity contribution in [3.8, 4) is 0 Å². The van der Waals surface area contributed by atoms with Gasteiger partial charge in [-0.15, -0.1) is 0 Å². The molecule has 18 nitrogen and oxygen atoms in total. The summed E-state index contributed by atoms with van der Waals surface area (Å²) in [7, 11) is 0. The number of aromatic nitrogens is 3. The molecule has 6 amide bonds. The van der Waals surface area contributed by atoms with Crippen LogP contribution in [0.15, 0.2) is 134 Å². The monoisotopic (exact) mass is 1030 g/mol. The highest BCUT2D eigenvalue weighted by molar-refractivity contribution is 5.98. The molecule has 0 saturated carbocycles. The first-order valence-corrected chi connectivity index (χ1v) is 26.0. The number of benzene rings is 5. The van der Waals surface area contributed by atoms with Gasteiger partial charge >= 0.3 is 0 Å². The van der Waals surface area contributed by atoms with E-state index in [2.05, 4.69) is 41.5 Å². The second-order valence-corrected chi connectivity index (χ2v) is 19.5. The first-order chi connectivity index (χ1) is 36.9. The van der Waals surface area contributed by atoms with Crippen LogP contribution in [0.4, 0.5) is 0 Å². The number of aromatic amines is 3. The number of para-hydroxylation sites is 3. The number of nitrogens with one attached hydrogen (secondary N) is 8. The maximum atomic E-state index is 15.1. The quantitative estimate of drug-likeness (QED) is 0.0330. The van der Waals surface area contributed by atoms with Gasteiger partial charge in [-0.05, 0) is 96.4 Å². The summed E-state index contributed by atoms with van der Waals surface area (Å²) in [6, 6.07) is 29.2. The third kappa shape index (κ3) is 13.7. The Kier molecular flexibility index (Phi) is 18.3. The minimum atomic E-state index is -1.31. The molecule has 3 aromatic heterocycles. The predicted molar refractivity (Wildman–Crippen MR) is 296 cm³/mol. The summed E-state index contributed by atoms with van der Waals surface area (Å²) in [5.74, 6) is -3.98. The summed E-state index contributed by atoms with van der Waals surface area (Å²) < 4.78 is 0. The summed E-state index contributed by atoms with van der Waals surface area (Å²) in [6.45, 7) is 0.776. The van der Waals surface area contributed by atoms with Gasteiger partial charge in [-0.3, -0.25) is 28.8 Å². The molecule has 18 heteroatoms. The van der Waals surface area contributed by atoms with Gasteiger partial charge in [0, 0.05) is 77.0 Å². The Morgan fingerprint density at radius 1 is 0.421 bits per heavy atom. The van der Waals surface area contributed by atoms with E-state index in [-0.39, 0.29) is 32.1 Å². The first-order valence-electron chi connectivity index (χ1n) is 26.0. The summed E-state index contributed by atoms with van der Waals surface area (Å²) >= 11 is 0. The molecule has 8 aromatic rings. The normalized spacial score (nSPS) is 13.9. The molecular formula is C58H68N12O6. The lowest BCUT2D eigenvalue weighted by atomic mass is 9.98. The van der Waals surface area contributed by atoms with Crippen molar-refractivity contribution in [3.63, 3.8) is 0 Å². The van der Waals surface area contributed by atoms with E-state index in [1.165, 1.54) is 0 Å². The molecule has 396 valence electrons. The van der Waals surface area contributed by atoms with Crippen LogP contribution in [0.25, 0.3) is 43.5 Å². The van der Waals surface area contributed by atoms with Crippen molar-refractivity contribution in [3.05, 3.63) is 156 Å². The Hall–Kier alpha value is -8.32. The second kappa shape index (κ2) is 25.8. The lowest BCUT2D eigenvalue weighted by Crippen LogP contribution is -2.60. The molecule has 0 bridgehead atoms. The van der Waals surface area contributed by atoms with Gasteiger partial charge in [0.15, 0.2) is 0 Å². The van der Waals surface area contributed by atoms with Crippen molar-refractivity contribution < 1.29 is 28.8 Å². The fourth-order valence-corrected chi connectivity index (χ4v) is 9.78. The van der Waals surface area contributed by atoms with Crippen LogP contribution in [0.1, 0.15) is 60.8 Å². The van der Waals surface area contributed by atoms with E-state index in [1.54, 1.807) is 18.6 Å². The molecular weight excluding hydrogens is 961 g/mol. The van der Waals surface area contributed by atoms with Gasteiger partial charge in [0.1, 0.15) is 30.2 Å². The van der Waals surface area contributed by atoms with E-state index >= 15 is 4.79 Å². The molecule has 76 heavy (non-hydrogen) atoms. The van der Waals surface area contributed by atoms with Crippen LogP contribution in [0.5, 0.6) is 0 Å². The molecule has 0 radical (unpaired) electrons. The third-order valence-corrected chi connectivity index (χ3v) is 14.0. The number of nitrogens with two attached hydrogens (primary N) is 4. The van der Waals surface area contributed by atoms with Crippen molar-refractivity contribution in [2.45, 2.75) is 100 Å². The molecule has 0 saturated heterocycles. The summed E-state index contributed by atoms with van der Waals surface area (Å²) in [4.78, 5) is 95.6. The molecule has 6 atom stereocenters. The van der Waals surface area contributed by atoms with Crippen molar-refractivity contribution in [2.75, 3.05) is 13.1 Å². The molecule has 0 aliphatic heterocycles. The molecule has 3 heterocycles. The summed E-state index contributed by atoms with van der Waals surface area (Å²) in [5.41, 5.74) is 29.3. The van der Waals surface area contributed by atoms with Crippen molar-refractivity contribution in [1.82, 2.24) is 41.5 Å². The number of amides is 6. The van der Waals surface area contributed by atoms with Gasteiger partial charge < -0.3 is 64.5 Å². The number of fused-ring (bicyclic) bond motifs is 4. The molecule has 0 fully saturated rings. The fourth-order valence-electron chi connectivity index (χ4n) is 9.78. The van der Waals surface area contributed by atoms with Crippen LogP contribution in [0.2, 0.25) is 0 Å². The standard InChI is InChI=1S/C58H68N12O6/c59-25-11-9-18-44(61)54(72)68-51(30-39-33-64-46-20-7-4-16-42(39)46)57(75)66-48(22-10-12-26-60)55(73)70-52(31-40-34-65-47-21-8-5-17-43(40)47)58(76)69-50(28-35-23-24-36-13-1-2-14-37(36)27-35)56(74)67-49(53(62)71)29-38-32-63-45-19-6-3-15-41(38)45/h1-8,13-17,19-21,23-24,27,32-34,44,48-52,63-65H,9-12,18,22,25-26,28-31,59-61H2,(H2,62,71)(H,66,75)(H,67,74)(H,68,72)(H,69,76)(H,70,73)/t44-,48-,49-,50-,51-,52-/m0/s1. The van der Waals surface area contributed by atoms with E-state index in [9.17, 15) is 24.0 Å². The number of primary amides is 1. The lowest BCUT2D eigenvalue weighted by molar-refractivity contribution is -0.135. The maximum Gasteiger partial charge on any atom is 0.243 e. The van der Waals surface area contributed by atoms with E-state index < -0.39 is 71.7 Å². The van der Waals surface area contributed by atoms with E-state index in [4.69, 9.17) is 22.9 Å². The van der Waals surface area contributed by atoms with Gasteiger partial charge in [0.05, 0.1) is 6.04 Å². The molecule has 0 spiro atoms. The van der Waals surface area contributed by atoms with Gasteiger partial charge in [-0.2, -0.15) is 0 Å². The number of rotatable bonds is 27. The number of carbonyl (C=O) groups is 6. The zero-order valence-electron chi connectivity index (χ0n) is 42.4. The smallest absolute Gasteiger partial charge is 0.243 e. The first kappa shape index (κ1) is 54.0. The zero-order chi connectivity index (χ0) is 53.6. The molecule has 0 aliphatic rings. The Balaban J connectivity index is 1.08. The van der Waals surface area contributed by atoms with Crippen LogP contribution >= 0.6 is 0 Å². The minimum absolute atomic E-state index is 0.00666. The average molecular weight is 1030 g/mol. The largest absolute Gasteiger partial charge is 0.368 e. The van der Waals surface area contributed by atoms with Crippen LogP contribution in [-0.2, 0) is 54.5 Å². The predicted octanol–water partition coefficient (Wildman–Crippen LogP) is 4.05. The highest BCUT2D eigenvalue weighted by Gasteiger charge is 2.34. The highest BCUT2D eigenvalue weighted by atomic mass is 16.2. The average Bonchev–Trinajstić information content (AvgIpc) is 4.17. The Morgan fingerprint density at radius 2 is 0.816 bits per heavy atom. The minimum Gasteiger partial charge on any atom is -0.368 e. The van der Waals surface area contributed by atoms with E-state index in [0.29, 0.717) is 50.8 Å². The Labute approximate surface area is 440 Å². The topological polar surface area (TPSA) is 314 Å². The van der Waals surface area contributed by atoms with E-state index in [1.807, 2.05) is 115 Å². The number of unbranched alkanes of at least 4 members (excludes halogenated alkanes) is 2. The van der Waals surface area contributed by atoms with E-state index in [0.717, 1.165) is 60.2 Å². The SMILES string of the molecule is NCCCC[C@H](NC(=O)[C@H](Cc1c[nH]c2ccccc12)NC(=O)[C@@H](N)CCCCN)C(=O)N[C@@H](Cc1c[nH]c2ccccc12)C(=O)N[C@@H](Cc1ccc2ccccc2c1)C(=O)N[C@@H](Cc1c[nH]c2ccccc12)C(N)=O. The van der Waals surface area contributed by atoms with Crippen molar-refractivity contribution in [2.24, 2.45) is 22.9 Å². The third-order valence-electron chi connectivity index (χ3n) is 14.0. The number of H-pyrrole nitrogens is 3. The Bertz CT molecular complexity index is 3310. The van der Waals surface area contributed by atoms with Gasteiger partial charge in [0.2, 0.25) is 35.4 Å². The van der Waals surface area contributed by atoms with Crippen molar-refractivity contribution >= 4 is 78.9 Å². The van der Waals surface area contributed by atoms with Crippen LogP contribution in [0.3, 0.4) is 0 Å². The number of hydrogen-bond donors (Lipinski definition) is 12. The molecule has 0 unspecified atom stereocenters. The summed E-state index contributed by atoms with van der Waals surface area (Å²) in [5, 5.41) is 18.9. The molecule has 0 aliphatic carbocycles. The summed E-state index contributed by atoms with van der Waals surface area (Å²) in [6.07, 6.45) is 8.20. The number of carbonyl (C=O) groups excluding carboxylic acids is 6. The molecule has 8 rings (SSSR count). The van der Waals surface area contributed by atoms with Crippen molar-refractivity contribution in [1.29, 1.82) is 0 Å².